The number of ether oxygens (including phenoxy) is 2. The lowest BCUT2D eigenvalue weighted by Crippen LogP contribution is -2.56. The van der Waals surface area contributed by atoms with Crippen molar-refractivity contribution in [3.63, 3.8) is 0 Å². The van der Waals surface area contributed by atoms with Gasteiger partial charge in [0.05, 0.1) is 47.1 Å². The van der Waals surface area contributed by atoms with E-state index in [1.165, 1.54) is 31.6 Å². The van der Waals surface area contributed by atoms with Crippen LogP contribution in [-0.2, 0) is 12.7 Å². The van der Waals surface area contributed by atoms with Crippen LogP contribution >= 0.6 is 22.9 Å². The number of aromatic nitrogens is 1. The second-order valence-electron chi connectivity index (χ2n) is 9.47. The van der Waals surface area contributed by atoms with Crippen LogP contribution in [0, 0.1) is 0 Å². The maximum atomic E-state index is 13.4. The number of nitrogens with zero attached hydrogens (tertiary/aromatic N) is 2. The molecule has 2 bridgehead atoms. The quantitative estimate of drug-likeness (QED) is 0.388. The van der Waals surface area contributed by atoms with Gasteiger partial charge in [-0.2, -0.15) is 13.2 Å². The molecule has 2 unspecified atom stereocenters. The summed E-state index contributed by atoms with van der Waals surface area (Å²) in [5.41, 5.74) is -0.348. The van der Waals surface area contributed by atoms with Crippen LogP contribution in [0.4, 0.5) is 13.2 Å². The fraction of sp³-hybridized carbons (Fsp3) is 0.462. The molecule has 2 fully saturated rings. The van der Waals surface area contributed by atoms with E-state index in [1.807, 2.05) is 0 Å². The van der Waals surface area contributed by atoms with Crippen molar-refractivity contribution in [2.24, 2.45) is 0 Å². The minimum atomic E-state index is -4.44. The molecule has 198 valence electrons. The van der Waals surface area contributed by atoms with Crippen LogP contribution in [0.1, 0.15) is 53.0 Å². The molecule has 0 radical (unpaired) electrons. The molecule has 2 saturated heterocycles. The third-order valence-corrected chi connectivity index (χ3v) is 8.66. The molecule has 3 heterocycles. The summed E-state index contributed by atoms with van der Waals surface area (Å²) in [4.78, 5) is 19.9. The van der Waals surface area contributed by atoms with Gasteiger partial charge < -0.3 is 14.8 Å². The normalized spacial score (nSPS) is 22.2. The number of carbonyl (C=O) groups excluding carboxylic acids is 1. The number of fused-ring (bicyclic) bond motifs is 3. The zero-order chi connectivity index (χ0) is 26.3. The van der Waals surface area contributed by atoms with Gasteiger partial charge in [-0.05, 0) is 49.9 Å². The highest BCUT2D eigenvalue weighted by Crippen LogP contribution is 2.40. The number of para-hydroxylation sites is 1. The average molecular weight is 554 g/mol. The molecule has 6 nitrogen and oxygen atoms in total. The zero-order valence-electron chi connectivity index (χ0n) is 20.4. The highest BCUT2D eigenvalue weighted by atomic mass is 35.5. The van der Waals surface area contributed by atoms with Gasteiger partial charge in [-0.25, -0.2) is 4.98 Å². The van der Waals surface area contributed by atoms with Crippen LogP contribution in [0.2, 0.25) is 5.02 Å². The molecule has 0 aliphatic carbocycles. The van der Waals surface area contributed by atoms with E-state index in [-0.39, 0.29) is 34.6 Å². The minimum Gasteiger partial charge on any atom is -0.493 e. The summed E-state index contributed by atoms with van der Waals surface area (Å²) in [6.45, 7) is 0.508. The maximum Gasteiger partial charge on any atom is 0.418 e. The first-order valence-corrected chi connectivity index (χ1v) is 13.3. The molecule has 2 aliphatic heterocycles. The van der Waals surface area contributed by atoms with Crippen LogP contribution in [0.25, 0.3) is 10.2 Å². The number of hydrogen-bond donors (Lipinski definition) is 1. The molecule has 1 aromatic heterocycles. The largest absolute Gasteiger partial charge is 0.493 e. The average Bonchev–Trinajstić information content (AvgIpc) is 3.26. The zero-order valence-corrected chi connectivity index (χ0v) is 22.0. The molecule has 0 spiro atoms. The Morgan fingerprint density at radius 3 is 2.54 bits per heavy atom. The number of hydrogen-bond acceptors (Lipinski definition) is 6. The molecule has 2 atom stereocenters. The lowest BCUT2D eigenvalue weighted by Gasteiger charge is -2.48. The number of piperidine rings is 2. The number of alkyl halides is 3. The molecular formula is C26H27ClF3N3O3S. The molecule has 3 aromatic rings. The molecule has 11 heteroatoms. The van der Waals surface area contributed by atoms with E-state index in [1.54, 1.807) is 18.2 Å². The van der Waals surface area contributed by atoms with Crippen LogP contribution in [0.3, 0.4) is 0 Å². The Labute approximate surface area is 221 Å². The first-order chi connectivity index (χ1) is 17.7. The van der Waals surface area contributed by atoms with Gasteiger partial charge >= 0.3 is 6.18 Å². The van der Waals surface area contributed by atoms with Gasteiger partial charge in [-0.15, -0.1) is 11.3 Å². The van der Waals surface area contributed by atoms with Gasteiger partial charge in [0.2, 0.25) is 0 Å². The predicted molar refractivity (Wildman–Crippen MR) is 137 cm³/mol. The highest BCUT2D eigenvalue weighted by molar-refractivity contribution is 7.18. The summed E-state index contributed by atoms with van der Waals surface area (Å²) < 4.78 is 51.5. The second-order valence-corrected chi connectivity index (χ2v) is 11.0. The van der Waals surface area contributed by atoms with Crippen molar-refractivity contribution in [1.82, 2.24) is 15.2 Å². The molecule has 37 heavy (non-hydrogen) atoms. The van der Waals surface area contributed by atoms with Gasteiger partial charge in [0.1, 0.15) is 5.01 Å². The van der Waals surface area contributed by atoms with Crippen molar-refractivity contribution in [1.29, 1.82) is 0 Å². The smallest absolute Gasteiger partial charge is 0.418 e. The summed E-state index contributed by atoms with van der Waals surface area (Å²) in [5, 5.41) is 4.02. The topological polar surface area (TPSA) is 63.7 Å². The number of halogens is 4. The van der Waals surface area contributed by atoms with Crippen molar-refractivity contribution >= 4 is 39.1 Å². The van der Waals surface area contributed by atoms with E-state index in [2.05, 4.69) is 15.2 Å². The number of nitrogens with one attached hydrogen (secondary N) is 1. The van der Waals surface area contributed by atoms with Gasteiger partial charge in [-0.3, -0.25) is 9.69 Å². The first-order valence-electron chi connectivity index (χ1n) is 12.1. The Hall–Kier alpha value is -2.56. The Bertz CT molecular complexity index is 1300. The number of benzene rings is 2. The van der Waals surface area contributed by atoms with Crippen LogP contribution in [0.5, 0.6) is 11.5 Å². The summed E-state index contributed by atoms with van der Waals surface area (Å²) in [6, 6.07) is 7.88. The van der Waals surface area contributed by atoms with Crippen LogP contribution in [-0.4, -0.2) is 48.1 Å². The van der Waals surface area contributed by atoms with Crippen molar-refractivity contribution in [2.75, 3.05) is 14.2 Å². The van der Waals surface area contributed by atoms with E-state index < -0.39 is 11.7 Å². The molecule has 0 saturated carbocycles. The van der Waals surface area contributed by atoms with Crippen LogP contribution in [0.15, 0.2) is 30.3 Å². The van der Waals surface area contributed by atoms with E-state index >= 15 is 0 Å². The highest BCUT2D eigenvalue weighted by Gasteiger charge is 2.40. The SMILES string of the molecule is COc1ccc(C(=O)NC2CC3CCCC(C2)N3Cc2nc3c(C(F)(F)F)cccc3s2)c(Cl)c1OC. The van der Waals surface area contributed by atoms with Crippen molar-refractivity contribution in [3.05, 3.63) is 51.5 Å². The van der Waals surface area contributed by atoms with Gasteiger partial charge in [0.25, 0.3) is 5.91 Å². The molecule has 5 rings (SSSR count). The Balaban J connectivity index is 1.30. The Morgan fingerprint density at radius 1 is 1.16 bits per heavy atom. The standard InChI is InChI=1S/C26H27ClF3N3O3S/c1-35-19-10-9-17(22(27)24(19)36-2)25(34)31-14-11-15-5-3-6-16(12-14)33(15)13-21-32-23-18(26(28,29)30)7-4-8-20(23)37-21/h4,7-10,14-16H,3,5-6,11-13H2,1-2H3,(H,31,34). The third-order valence-electron chi connectivity index (χ3n) is 7.28. The maximum absolute atomic E-state index is 13.4. The molecule has 2 aliphatic rings. The summed E-state index contributed by atoms with van der Waals surface area (Å²) in [6.07, 6.45) is 0.107. The number of amides is 1. The summed E-state index contributed by atoms with van der Waals surface area (Å²) in [5.74, 6) is 0.491. The van der Waals surface area contributed by atoms with E-state index in [9.17, 15) is 18.0 Å². The first kappa shape index (κ1) is 26.1. The fourth-order valence-electron chi connectivity index (χ4n) is 5.63. The monoisotopic (exact) mass is 553 g/mol. The molecule has 1 amide bonds. The van der Waals surface area contributed by atoms with Gasteiger partial charge in [-0.1, -0.05) is 24.1 Å². The Morgan fingerprint density at radius 2 is 1.89 bits per heavy atom. The van der Waals surface area contributed by atoms with Crippen molar-refractivity contribution in [3.8, 4) is 11.5 Å². The lowest BCUT2D eigenvalue weighted by molar-refractivity contribution is -0.136. The van der Waals surface area contributed by atoms with Gasteiger partial charge in [0, 0.05) is 18.1 Å². The molecule has 1 N–H and O–H groups in total. The Kier molecular flexibility index (Phi) is 7.26. The number of rotatable bonds is 6. The molecule has 2 aromatic carbocycles. The van der Waals surface area contributed by atoms with Crippen LogP contribution < -0.4 is 14.8 Å². The lowest BCUT2D eigenvalue weighted by atomic mass is 9.81. The summed E-state index contributed by atoms with van der Waals surface area (Å²) in [7, 11) is 2.97. The van der Waals surface area contributed by atoms with E-state index in [4.69, 9.17) is 21.1 Å². The molecular weight excluding hydrogens is 527 g/mol. The fourth-order valence-corrected chi connectivity index (χ4v) is 6.95. The second kappa shape index (κ2) is 10.3. The third kappa shape index (κ3) is 5.11. The van der Waals surface area contributed by atoms with Crippen molar-refractivity contribution < 1.29 is 27.4 Å². The number of thiazole rings is 1. The van der Waals surface area contributed by atoms with E-state index in [0.29, 0.717) is 33.3 Å². The number of carbonyl (C=O) groups is 1. The van der Waals surface area contributed by atoms with Crippen molar-refractivity contribution in [2.45, 2.75) is 63.0 Å². The predicted octanol–water partition coefficient (Wildman–Crippen LogP) is 6.30. The minimum absolute atomic E-state index is 0.0223. The summed E-state index contributed by atoms with van der Waals surface area (Å²) >= 11 is 7.75. The van der Waals surface area contributed by atoms with Gasteiger partial charge in [0.15, 0.2) is 11.5 Å². The number of methoxy groups -OCH3 is 2. The van der Waals surface area contributed by atoms with E-state index in [0.717, 1.165) is 38.2 Å².